The highest BCUT2D eigenvalue weighted by molar-refractivity contribution is 5.74. The highest BCUT2D eigenvalue weighted by atomic mass is 15.6. The van der Waals surface area contributed by atoms with E-state index < -0.39 is 0 Å². The molecule has 4 rings (SSSR count). The number of hydrogen-bond acceptors (Lipinski definition) is 6. The first-order valence-corrected chi connectivity index (χ1v) is 6.89. The Morgan fingerprint density at radius 1 is 1.35 bits per heavy atom. The molecule has 3 heterocycles. The van der Waals surface area contributed by atoms with Gasteiger partial charge in [-0.3, -0.25) is 10.1 Å². The maximum atomic E-state index is 5.84. The van der Waals surface area contributed by atoms with Gasteiger partial charge in [-0.1, -0.05) is 0 Å². The van der Waals surface area contributed by atoms with Crippen molar-refractivity contribution in [2.75, 3.05) is 16.6 Å². The minimum absolute atomic E-state index is 0.517. The molecule has 7 heteroatoms. The number of aromatic nitrogens is 3. The van der Waals surface area contributed by atoms with Gasteiger partial charge in [-0.2, -0.15) is 5.10 Å². The van der Waals surface area contributed by atoms with Gasteiger partial charge in [0, 0.05) is 12.6 Å². The van der Waals surface area contributed by atoms with Crippen molar-refractivity contribution < 1.29 is 0 Å². The summed E-state index contributed by atoms with van der Waals surface area (Å²) in [4.78, 5) is 4.23. The third kappa shape index (κ3) is 1.87. The topological polar surface area (TPSA) is 92.8 Å². The van der Waals surface area contributed by atoms with Crippen LogP contribution in [-0.4, -0.2) is 14.8 Å². The summed E-state index contributed by atoms with van der Waals surface area (Å²) in [5.74, 6) is 1.26. The van der Waals surface area contributed by atoms with Gasteiger partial charge in [0.05, 0.1) is 17.9 Å². The number of hydrogen-bond donors (Lipinski definition) is 4. The van der Waals surface area contributed by atoms with Crippen molar-refractivity contribution in [2.24, 2.45) is 0 Å². The molecule has 0 aromatic carbocycles. The van der Waals surface area contributed by atoms with Crippen LogP contribution in [0, 0.1) is 0 Å². The molecular weight excluding hydrogens is 254 g/mol. The fraction of sp³-hybridized carbons (Fsp3) is 0.385. The minimum Gasteiger partial charge on any atom is -0.384 e. The van der Waals surface area contributed by atoms with Gasteiger partial charge < -0.3 is 11.2 Å². The van der Waals surface area contributed by atoms with E-state index in [4.69, 9.17) is 5.73 Å². The number of fused-ring (bicyclic) bond motifs is 1. The summed E-state index contributed by atoms with van der Waals surface area (Å²) in [6, 6.07) is 2.50. The van der Waals surface area contributed by atoms with Crippen LogP contribution in [0.15, 0.2) is 18.5 Å². The molecule has 5 N–H and O–H groups in total. The zero-order valence-electron chi connectivity index (χ0n) is 11.1. The SMILES string of the molecule is Nc1cc(Cc2cnn(C3CCC3)c2)c2c(n1)NNN2. The molecule has 20 heavy (non-hydrogen) atoms. The van der Waals surface area contributed by atoms with E-state index in [9.17, 15) is 0 Å². The van der Waals surface area contributed by atoms with Crippen LogP contribution < -0.4 is 22.1 Å². The number of anilines is 3. The van der Waals surface area contributed by atoms with Gasteiger partial charge in [-0.05, 0) is 36.5 Å². The number of hydrazine groups is 2. The lowest BCUT2D eigenvalue weighted by atomic mass is 9.93. The van der Waals surface area contributed by atoms with Gasteiger partial charge in [-0.15, -0.1) is 5.53 Å². The Bertz CT molecular complexity index is 644. The molecule has 0 bridgehead atoms. The maximum Gasteiger partial charge on any atom is 0.169 e. The third-order valence-corrected chi connectivity index (χ3v) is 3.99. The second-order valence-electron chi connectivity index (χ2n) is 5.39. The Balaban J connectivity index is 1.61. The molecule has 0 amide bonds. The van der Waals surface area contributed by atoms with Gasteiger partial charge in [0.2, 0.25) is 0 Å². The average Bonchev–Trinajstić information content (AvgIpc) is 2.96. The number of pyridine rings is 1. The summed E-state index contributed by atoms with van der Waals surface area (Å²) in [7, 11) is 0. The summed E-state index contributed by atoms with van der Waals surface area (Å²) in [6.45, 7) is 0. The van der Waals surface area contributed by atoms with Crippen LogP contribution >= 0.6 is 0 Å². The Kier molecular flexibility index (Phi) is 2.53. The Labute approximate surface area is 116 Å². The van der Waals surface area contributed by atoms with Gasteiger partial charge in [0.1, 0.15) is 5.82 Å². The molecule has 1 saturated carbocycles. The fourth-order valence-corrected chi connectivity index (χ4v) is 2.68. The molecule has 1 fully saturated rings. The molecule has 0 radical (unpaired) electrons. The molecule has 1 aliphatic carbocycles. The van der Waals surface area contributed by atoms with Crippen molar-refractivity contribution in [3.05, 3.63) is 29.6 Å². The molecule has 0 saturated heterocycles. The zero-order valence-corrected chi connectivity index (χ0v) is 11.1. The zero-order chi connectivity index (χ0) is 13.5. The number of nitrogens with zero attached hydrogens (tertiary/aromatic N) is 3. The first-order valence-electron chi connectivity index (χ1n) is 6.89. The number of nitrogen functional groups attached to an aromatic ring is 1. The van der Waals surface area contributed by atoms with Gasteiger partial charge >= 0.3 is 0 Å². The number of nitrogens with two attached hydrogens (primary N) is 1. The van der Waals surface area contributed by atoms with Crippen molar-refractivity contribution in [2.45, 2.75) is 31.7 Å². The predicted octanol–water partition coefficient (Wildman–Crippen LogP) is 1.43. The highest BCUT2D eigenvalue weighted by Crippen LogP contribution is 2.32. The van der Waals surface area contributed by atoms with Gasteiger partial charge in [0.15, 0.2) is 5.82 Å². The Morgan fingerprint density at radius 2 is 2.25 bits per heavy atom. The van der Waals surface area contributed by atoms with Gasteiger partial charge in [-0.25, -0.2) is 4.98 Å². The molecule has 0 spiro atoms. The van der Waals surface area contributed by atoms with Crippen molar-refractivity contribution in [1.29, 1.82) is 0 Å². The van der Waals surface area contributed by atoms with Crippen LogP contribution in [0.3, 0.4) is 0 Å². The molecular formula is C13H17N7. The summed E-state index contributed by atoms with van der Waals surface area (Å²) in [5.41, 5.74) is 17.9. The van der Waals surface area contributed by atoms with E-state index in [2.05, 4.69) is 37.3 Å². The van der Waals surface area contributed by atoms with Crippen LogP contribution in [0.2, 0.25) is 0 Å². The lowest BCUT2D eigenvalue weighted by Crippen LogP contribution is -2.19. The van der Waals surface area contributed by atoms with E-state index in [0.717, 1.165) is 23.5 Å². The van der Waals surface area contributed by atoms with Crippen molar-refractivity contribution in [1.82, 2.24) is 20.3 Å². The lowest BCUT2D eigenvalue weighted by molar-refractivity contribution is 0.289. The lowest BCUT2D eigenvalue weighted by Gasteiger charge is -2.25. The summed E-state index contributed by atoms with van der Waals surface area (Å²) < 4.78 is 2.09. The van der Waals surface area contributed by atoms with Crippen molar-refractivity contribution in [3.63, 3.8) is 0 Å². The fourth-order valence-electron chi connectivity index (χ4n) is 2.68. The number of nitrogens with one attached hydrogen (secondary N) is 3. The monoisotopic (exact) mass is 271 g/mol. The molecule has 2 aromatic rings. The van der Waals surface area contributed by atoms with E-state index in [1.54, 1.807) is 0 Å². The predicted molar refractivity (Wildman–Crippen MR) is 77.0 cm³/mol. The van der Waals surface area contributed by atoms with Gasteiger partial charge in [0.25, 0.3) is 0 Å². The molecule has 0 unspecified atom stereocenters. The van der Waals surface area contributed by atoms with Crippen LogP contribution in [-0.2, 0) is 6.42 Å². The summed E-state index contributed by atoms with van der Waals surface area (Å²) in [6.07, 6.45) is 8.68. The minimum atomic E-state index is 0.517. The molecule has 0 atom stereocenters. The normalized spacial score (nSPS) is 17.2. The van der Waals surface area contributed by atoms with Crippen LogP contribution in [0.25, 0.3) is 0 Å². The largest absolute Gasteiger partial charge is 0.384 e. The Hall–Kier alpha value is -2.28. The van der Waals surface area contributed by atoms with Crippen LogP contribution in [0.1, 0.15) is 36.4 Å². The first-order chi connectivity index (χ1) is 9.79. The Morgan fingerprint density at radius 3 is 3.05 bits per heavy atom. The summed E-state index contributed by atoms with van der Waals surface area (Å²) in [5, 5.41) is 4.47. The smallest absolute Gasteiger partial charge is 0.169 e. The molecule has 104 valence electrons. The van der Waals surface area contributed by atoms with Crippen molar-refractivity contribution in [3.8, 4) is 0 Å². The van der Waals surface area contributed by atoms with E-state index >= 15 is 0 Å². The molecule has 1 aliphatic heterocycles. The van der Waals surface area contributed by atoms with E-state index in [0.29, 0.717) is 11.9 Å². The van der Waals surface area contributed by atoms with E-state index in [-0.39, 0.29) is 0 Å². The quantitative estimate of drug-likeness (QED) is 0.675. The second kappa shape index (κ2) is 4.38. The summed E-state index contributed by atoms with van der Waals surface area (Å²) >= 11 is 0. The maximum absolute atomic E-state index is 5.84. The van der Waals surface area contributed by atoms with Crippen molar-refractivity contribution >= 4 is 17.3 Å². The molecule has 7 nitrogen and oxygen atoms in total. The van der Waals surface area contributed by atoms with Crippen LogP contribution in [0.4, 0.5) is 17.3 Å². The number of rotatable bonds is 3. The van der Waals surface area contributed by atoms with E-state index in [1.807, 2.05) is 12.3 Å². The third-order valence-electron chi connectivity index (χ3n) is 3.99. The molecule has 2 aromatic heterocycles. The van der Waals surface area contributed by atoms with Crippen LogP contribution in [0.5, 0.6) is 0 Å². The molecule has 2 aliphatic rings. The van der Waals surface area contributed by atoms with E-state index in [1.165, 1.54) is 24.8 Å². The second-order valence-corrected chi connectivity index (χ2v) is 5.39. The highest BCUT2D eigenvalue weighted by Gasteiger charge is 2.21. The standard InChI is InChI=1S/C13H17N7/c14-11-5-9(12-13(16-11)18-19-17-12)4-8-6-15-20(7-8)10-2-1-3-10/h5-7,10,17,19H,1-4H2,(H3,14,16,18). The first kappa shape index (κ1) is 11.5. The average molecular weight is 271 g/mol.